The number of ether oxygens (including phenoxy) is 1. The predicted molar refractivity (Wildman–Crippen MR) is 107 cm³/mol. The molecule has 0 unspecified atom stereocenters. The average molecular weight is 503 g/mol. The van der Waals surface area contributed by atoms with E-state index in [9.17, 15) is 41.3 Å². The normalized spacial score (nSPS) is 14.1. The van der Waals surface area contributed by atoms with E-state index in [1.807, 2.05) is 0 Å². The van der Waals surface area contributed by atoms with E-state index in [4.69, 9.17) is 0 Å². The first-order valence-corrected chi connectivity index (χ1v) is 10.0. The van der Waals surface area contributed by atoms with E-state index in [-0.39, 0.29) is 22.8 Å². The Labute approximate surface area is 191 Å². The van der Waals surface area contributed by atoms with Crippen LogP contribution >= 0.6 is 0 Å². The molecule has 3 aromatic rings. The minimum absolute atomic E-state index is 0.0221. The molecule has 1 N–H and O–H groups in total. The number of non-ortho nitro benzene ring substituents is 1. The van der Waals surface area contributed by atoms with Crippen LogP contribution in [0.4, 0.5) is 37.7 Å². The zero-order valence-electron chi connectivity index (χ0n) is 17.4. The van der Waals surface area contributed by atoms with Crippen LogP contribution in [0.5, 0.6) is 5.75 Å². The molecule has 0 aliphatic heterocycles. The smallest absolute Gasteiger partial charge is 0.340 e. The van der Waals surface area contributed by atoms with Crippen LogP contribution in [0.1, 0.15) is 46.9 Å². The van der Waals surface area contributed by atoms with E-state index < -0.39 is 53.3 Å². The lowest BCUT2D eigenvalue weighted by molar-refractivity contribution is -0.384. The van der Waals surface area contributed by atoms with Crippen LogP contribution < -0.4 is 10.1 Å². The third-order valence-corrected chi connectivity index (χ3v) is 5.09. The topological polar surface area (TPSA) is 112 Å². The monoisotopic (exact) mass is 503 g/mol. The van der Waals surface area contributed by atoms with Crippen molar-refractivity contribution in [2.24, 2.45) is 0 Å². The highest BCUT2D eigenvalue weighted by Crippen LogP contribution is 2.40. The van der Waals surface area contributed by atoms with Gasteiger partial charge in [-0.25, -0.2) is 27.1 Å². The van der Waals surface area contributed by atoms with Crippen LogP contribution in [0.3, 0.4) is 0 Å². The van der Waals surface area contributed by atoms with Gasteiger partial charge in [0.1, 0.15) is 17.0 Å². The Morgan fingerprint density at radius 1 is 1.23 bits per heavy atom. The van der Waals surface area contributed by atoms with Gasteiger partial charge in [0.25, 0.3) is 18.0 Å². The Balaban J connectivity index is 1.64. The summed E-state index contributed by atoms with van der Waals surface area (Å²) in [6, 6.07) is 3.70. The molecule has 1 saturated carbocycles. The molecule has 2 heterocycles. The van der Waals surface area contributed by atoms with E-state index in [0.717, 1.165) is 35.7 Å². The molecule has 0 spiro atoms. The van der Waals surface area contributed by atoms with Crippen LogP contribution in [0, 0.1) is 10.1 Å². The second kappa shape index (κ2) is 9.03. The van der Waals surface area contributed by atoms with Crippen molar-refractivity contribution in [2.75, 3.05) is 11.9 Å². The van der Waals surface area contributed by atoms with E-state index in [0.29, 0.717) is 11.8 Å². The van der Waals surface area contributed by atoms with Gasteiger partial charge in [-0.15, -0.1) is 0 Å². The van der Waals surface area contributed by atoms with Gasteiger partial charge in [0.15, 0.2) is 12.3 Å². The van der Waals surface area contributed by atoms with E-state index in [1.54, 1.807) is 0 Å². The van der Waals surface area contributed by atoms with Gasteiger partial charge in [0.2, 0.25) is 0 Å². The minimum Gasteiger partial charge on any atom is -0.487 e. The van der Waals surface area contributed by atoms with Gasteiger partial charge in [-0.3, -0.25) is 14.9 Å². The molecule has 0 atom stereocenters. The standard InChI is InChI=1S/C20H15F6N5O4/c21-16(22)15-6-14(9-1-2-9)29-17-13(7-27-30(15)17)18(32)28-10-3-11(31(33)34)5-12(4-10)35-8-20(25,26)19(23)24/h3-7,9,16,19H,1-2,8H2,(H,28,32). The SMILES string of the molecule is O=C(Nc1cc(OCC(F)(F)C(F)F)cc([N+](=O)[O-])c1)c1cnn2c(C(F)F)cc(C3CC3)nc12. The molecule has 1 aromatic carbocycles. The number of hydrogen-bond acceptors (Lipinski definition) is 6. The number of nitro groups is 1. The third kappa shape index (κ3) is 5.12. The fourth-order valence-corrected chi connectivity index (χ4v) is 3.19. The summed E-state index contributed by atoms with van der Waals surface area (Å²) < 4.78 is 83.5. The number of aromatic nitrogens is 3. The summed E-state index contributed by atoms with van der Waals surface area (Å²) in [4.78, 5) is 27.4. The number of amides is 1. The first kappa shape index (κ1) is 24.2. The van der Waals surface area contributed by atoms with Crippen molar-refractivity contribution >= 4 is 22.9 Å². The summed E-state index contributed by atoms with van der Waals surface area (Å²) in [6.45, 7) is -1.77. The highest BCUT2D eigenvalue weighted by molar-refractivity contribution is 6.08. The van der Waals surface area contributed by atoms with Crippen LogP contribution in [-0.2, 0) is 0 Å². The van der Waals surface area contributed by atoms with Crippen molar-refractivity contribution in [2.45, 2.75) is 37.5 Å². The first-order chi connectivity index (χ1) is 16.5. The lowest BCUT2D eigenvalue weighted by Gasteiger charge is -2.16. The maximum atomic E-state index is 13.5. The van der Waals surface area contributed by atoms with Crippen molar-refractivity contribution in [3.05, 3.63) is 57.5 Å². The second-order valence-electron chi connectivity index (χ2n) is 7.75. The Kier molecular flexibility index (Phi) is 6.25. The Bertz CT molecular complexity index is 1290. The number of nitrogens with one attached hydrogen (secondary N) is 1. The van der Waals surface area contributed by atoms with Crippen molar-refractivity contribution in [3.63, 3.8) is 0 Å². The summed E-state index contributed by atoms with van der Waals surface area (Å²) >= 11 is 0. The molecule has 15 heteroatoms. The molecule has 1 aliphatic carbocycles. The molecule has 0 saturated heterocycles. The molecular weight excluding hydrogens is 488 g/mol. The summed E-state index contributed by atoms with van der Waals surface area (Å²) in [7, 11) is 0. The van der Waals surface area contributed by atoms with Crippen LogP contribution in [-0.4, -0.2) is 44.4 Å². The van der Waals surface area contributed by atoms with Gasteiger partial charge in [-0.1, -0.05) is 0 Å². The second-order valence-corrected chi connectivity index (χ2v) is 7.75. The Hall–Kier alpha value is -3.91. The van der Waals surface area contributed by atoms with Crippen LogP contribution in [0.15, 0.2) is 30.5 Å². The molecular formula is C20H15F6N5O4. The molecule has 1 amide bonds. The minimum atomic E-state index is -4.52. The van der Waals surface area contributed by atoms with Crippen LogP contribution in [0.2, 0.25) is 0 Å². The van der Waals surface area contributed by atoms with Gasteiger partial charge in [-0.05, 0) is 18.9 Å². The number of fused-ring (bicyclic) bond motifs is 1. The molecule has 0 radical (unpaired) electrons. The van der Waals surface area contributed by atoms with Crippen molar-refractivity contribution in [3.8, 4) is 5.75 Å². The number of carbonyl (C=O) groups is 1. The molecule has 1 fully saturated rings. The van der Waals surface area contributed by atoms with Crippen molar-refractivity contribution in [1.82, 2.24) is 14.6 Å². The zero-order chi connectivity index (χ0) is 25.5. The van der Waals surface area contributed by atoms with Crippen molar-refractivity contribution < 1.29 is 40.8 Å². The number of nitro benzene ring substituents is 1. The highest BCUT2D eigenvalue weighted by atomic mass is 19.3. The van der Waals surface area contributed by atoms with Gasteiger partial charge in [0, 0.05) is 23.7 Å². The molecule has 4 rings (SSSR count). The summed E-state index contributed by atoms with van der Waals surface area (Å²) in [5.41, 5.74) is -1.48. The predicted octanol–water partition coefficient (Wildman–Crippen LogP) is 4.98. The quantitative estimate of drug-likeness (QED) is 0.250. The summed E-state index contributed by atoms with van der Waals surface area (Å²) in [6.07, 6.45) is -4.44. The van der Waals surface area contributed by atoms with E-state index >= 15 is 0 Å². The zero-order valence-corrected chi connectivity index (χ0v) is 17.4. The number of rotatable bonds is 9. The van der Waals surface area contributed by atoms with Gasteiger partial charge in [-0.2, -0.15) is 13.9 Å². The maximum absolute atomic E-state index is 13.5. The Morgan fingerprint density at radius 3 is 2.54 bits per heavy atom. The lowest BCUT2D eigenvalue weighted by atomic mass is 10.2. The number of alkyl halides is 6. The number of benzene rings is 1. The fraction of sp³-hybridized carbons (Fsp3) is 0.350. The maximum Gasteiger partial charge on any atom is 0.340 e. The molecule has 2 aromatic heterocycles. The number of halogens is 6. The first-order valence-electron chi connectivity index (χ1n) is 10.0. The van der Waals surface area contributed by atoms with Gasteiger partial charge in [0.05, 0.1) is 22.9 Å². The average Bonchev–Trinajstić information content (AvgIpc) is 3.55. The van der Waals surface area contributed by atoms with Crippen LogP contribution in [0.25, 0.3) is 5.65 Å². The highest BCUT2D eigenvalue weighted by Gasteiger charge is 2.41. The largest absolute Gasteiger partial charge is 0.487 e. The number of carbonyl (C=O) groups excluding carboxylic acids is 1. The summed E-state index contributed by atoms with van der Waals surface area (Å²) in [5.74, 6) is -6.06. The number of hydrogen-bond donors (Lipinski definition) is 1. The van der Waals surface area contributed by atoms with E-state index in [2.05, 4.69) is 20.1 Å². The Morgan fingerprint density at radius 2 is 1.94 bits per heavy atom. The number of anilines is 1. The molecule has 186 valence electrons. The lowest BCUT2D eigenvalue weighted by Crippen LogP contribution is -2.33. The molecule has 9 nitrogen and oxygen atoms in total. The van der Waals surface area contributed by atoms with Crippen molar-refractivity contribution in [1.29, 1.82) is 0 Å². The molecule has 35 heavy (non-hydrogen) atoms. The molecule has 0 bridgehead atoms. The summed E-state index contributed by atoms with van der Waals surface area (Å²) in [5, 5.41) is 17.2. The number of nitrogens with zero attached hydrogens (tertiary/aromatic N) is 4. The van der Waals surface area contributed by atoms with Gasteiger partial charge < -0.3 is 10.1 Å². The fourth-order valence-electron chi connectivity index (χ4n) is 3.19. The molecule has 1 aliphatic rings. The third-order valence-electron chi connectivity index (χ3n) is 5.09. The van der Waals surface area contributed by atoms with E-state index in [1.165, 1.54) is 6.07 Å². The van der Waals surface area contributed by atoms with Gasteiger partial charge >= 0.3 is 12.3 Å².